The summed E-state index contributed by atoms with van der Waals surface area (Å²) in [6.07, 6.45) is 1.32. The summed E-state index contributed by atoms with van der Waals surface area (Å²) in [7, 11) is 5.45. The number of likely N-dealkylation sites (N-methyl/N-ethyl adjacent to an activating group) is 1. The van der Waals surface area contributed by atoms with Crippen LogP contribution in [0, 0.1) is 5.92 Å². The van der Waals surface area contributed by atoms with E-state index in [0.29, 0.717) is 53.0 Å². The molecule has 1 unspecified atom stereocenters. The number of benzene rings is 1. The number of ketones is 1. The highest BCUT2D eigenvalue weighted by Gasteiger charge is 2.34. The number of hydrogen-bond acceptors (Lipinski definition) is 7. The van der Waals surface area contributed by atoms with Crippen LogP contribution < -0.4 is 26.2 Å². The topological polar surface area (TPSA) is 112 Å². The standard InChI is InChI=1S/C26H36ClN5O4S/c1-26(2,3)23-20(22(34)15-10-11-19(33)31-28-14-15)16(12-13-32(4)5)24(37-23)30-25(35)29-17-8-7-9-18(36-6)21(17)27/h7-9,15,28H,10-14H2,1-6H3,(H,31,33)(H2,29,30,35). The van der Waals surface area contributed by atoms with Crippen molar-refractivity contribution in [3.63, 3.8) is 0 Å². The first-order valence-electron chi connectivity index (χ1n) is 12.2. The van der Waals surface area contributed by atoms with Crippen molar-refractivity contribution < 1.29 is 19.1 Å². The minimum Gasteiger partial charge on any atom is -0.495 e. The van der Waals surface area contributed by atoms with E-state index in [2.05, 4.69) is 42.3 Å². The first-order valence-corrected chi connectivity index (χ1v) is 13.4. The largest absolute Gasteiger partial charge is 0.495 e. The molecule has 1 saturated heterocycles. The number of carbonyl (C=O) groups is 3. The van der Waals surface area contributed by atoms with Gasteiger partial charge in [0.15, 0.2) is 5.78 Å². The Kier molecular flexibility index (Phi) is 9.57. The van der Waals surface area contributed by atoms with Crippen molar-refractivity contribution in [2.45, 2.75) is 45.4 Å². The summed E-state index contributed by atoms with van der Waals surface area (Å²) < 4.78 is 5.24. The van der Waals surface area contributed by atoms with Crippen LogP contribution in [-0.4, -0.2) is 56.9 Å². The number of hydrazine groups is 1. The van der Waals surface area contributed by atoms with Crippen molar-refractivity contribution in [3.05, 3.63) is 39.2 Å². The maximum atomic E-state index is 14.0. The summed E-state index contributed by atoms with van der Waals surface area (Å²) in [6, 6.07) is 4.68. The van der Waals surface area contributed by atoms with Gasteiger partial charge in [-0.1, -0.05) is 38.4 Å². The molecule has 3 amide bonds. The van der Waals surface area contributed by atoms with Crippen LogP contribution in [0.1, 0.15) is 54.4 Å². The third-order valence-electron chi connectivity index (χ3n) is 6.07. The SMILES string of the molecule is COc1cccc(NC(=O)Nc2sc(C(C)(C)C)c(C(=O)C3CCC(=O)NNC3)c2CCN(C)C)c1Cl. The van der Waals surface area contributed by atoms with Gasteiger partial charge in [0.2, 0.25) is 5.91 Å². The van der Waals surface area contributed by atoms with Crippen molar-refractivity contribution in [1.29, 1.82) is 0 Å². The summed E-state index contributed by atoms with van der Waals surface area (Å²) in [6.45, 7) is 7.22. The van der Waals surface area contributed by atoms with E-state index in [4.69, 9.17) is 16.3 Å². The lowest BCUT2D eigenvalue weighted by Gasteiger charge is -2.22. The van der Waals surface area contributed by atoms with Gasteiger partial charge in [-0.3, -0.25) is 20.3 Å². The number of hydrogen-bond donors (Lipinski definition) is 4. The van der Waals surface area contributed by atoms with Gasteiger partial charge < -0.3 is 15.0 Å². The van der Waals surface area contributed by atoms with Crippen molar-refractivity contribution in [1.82, 2.24) is 15.8 Å². The molecule has 4 N–H and O–H groups in total. The van der Waals surface area contributed by atoms with Crippen LogP contribution in [0.2, 0.25) is 5.02 Å². The van der Waals surface area contributed by atoms with Crippen LogP contribution >= 0.6 is 22.9 Å². The van der Waals surface area contributed by atoms with Crippen LogP contribution in [-0.2, 0) is 16.6 Å². The van der Waals surface area contributed by atoms with Gasteiger partial charge in [-0.05, 0) is 50.0 Å². The maximum Gasteiger partial charge on any atom is 0.324 e. The predicted octanol–water partition coefficient (Wildman–Crippen LogP) is 4.67. The van der Waals surface area contributed by atoms with E-state index in [-0.39, 0.29) is 29.4 Å². The molecule has 1 aliphatic heterocycles. The monoisotopic (exact) mass is 549 g/mol. The number of Topliss-reactive ketones (excluding diaryl/α,β-unsaturated/α-hetero) is 1. The minimum atomic E-state index is -0.465. The molecule has 1 aliphatic rings. The van der Waals surface area contributed by atoms with E-state index < -0.39 is 6.03 Å². The van der Waals surface area contributed by atoms with Crippen LogP contribution in [0.4, 0.5) is 15.5 Å². The van der Waals surface area contributed by atoms with E-state index in [0.717, 1.165) is 10.4 Å². The average Bonchev–Trinajstić information content (AvgIpc) is 3.04. The van der Waals surface area contributed by atoms with Gasteiger partial charge in [0, 0.05) is 35.9 Å². The Bertz CT molecular complexity index is 1160. The van der Waals surface area contributed by atoms with Crippen LogP contribution in [0.5, 0.6) is 5.75 Å². The predicted molar refractivity (Wildman–Crippen MR) is 149 cm³/mol. The highest BCUT2D eigenvalue weighted by molar-refractivity contribution is 7.17. The second-order valence-electron chi connectivity index (χ2n) is 10.3. The molecule has 11 heteroatoms. The van der Waals surface area contributed by atoms with E-state index in [9.17, 15) is 14.4 Å². The van der Waals surface area contributed by atoms with Crippen molar-refractivity contribution in [3.8, 4) is 5.75 Å². The summed E-state index contributed by atoms with van der Waals surface area (Å²) in [5, 5.41) is 6.69. The van der Waals surface area contributed by atoms with Crippen LogP contribution in [0.15, 0.2) is 18.2 Å². The highest BCUT2D eigenvalue weighted by atomic mass is 35.5. The van der Waals surface area contributed by atoms with Crippen LogP contribution in [0.25, 0.3) is 0 Å². The molecule has 0 radical (unpaired) electrons. The zero-order valence-electron chi connectivity index (χ0n) is 22.2. The molecular formula is C26H36ClN5O4S. The normalized spacial score (nSPS) is 16.2. The number of nitrogens with one attached hydrogen (secondary N) is 4. The van der Waals surface area contributed by atoms with Gasteiger partial charge in [0.1, 0.15) is 15.8 Å². The lowest BCUT2D eigenvalue weighted by Crippen LogP contribution is -2.38. The molecule has 1 aromatic carbocycles. The van der Waals surface area contributed by atoms with Gasteiger partial charge in [0.05, 0.1) is 12.8 Å². The molecule has 202 valence electrons. The summed E-state index contributed by atoms with van der Waals surface area (Å²) >= 11 is 7.78. The Balaban J connectivity index is 2.00. The molecule has 1 fully saturated rings. The maximum absolute atomic E-state index is 14.0. The van der Waals surface area contributed by atoms with Crippen molar-refractivity contribution in [2.24, 2.45) is 5.92 Å². The number of halogens is 1. The minimum absolute atomic E-state index is 0.0109. The van der Waals surface area contributed by atoms with E-state index in [1.165, 1.54) is 18.4 Å². The van der Waals surface area contributed by atoms with E-state index in [1.54, 1.807) is 18.2 Å². The Morgan fingerprint density at radius 3 is 2.62 bits per heavy atom. The first kappa shape index (κ1) is 28.9. The molecule has 0 aliphatic carbocycles. The summed E-state index contributed by atoms with van der Waals surface area (Å²) in [4.78, 5) is 41.8. The number of ether oxygens (including phenoxy) is 1. The average molecular weight is 550 g/mol. The number of methoxy groups -OCH3 is 1. The van der Waals surface area contributed by atoms with Gasteiger partial charge in [-0.15, -0.1) is 11.3 Å². The number of anilines is 2. The number of carbonyl (C=O) groups excluding carboxylic acids is 3. The van der Waals surface area contributed by atoms with Crippen LogP contribution in [0.3, 0.4) is 0 Å². The fraction of sp³-hybridized carbons (Fsp3) is 0.500. The molecule has 3 rings (SSSR count). The second kappa shape index (κ2) is 12.3. The smallest absolute Gasteiger partial charge is 0.324 e. The van der Waals surface area contributed by atoms with Crippen molar-refractivity contribution in [2.75, 3.05) is 44.9 Å². The molecule has 9 nitrogen and oxygen atoms in total. The number of urea groups is 1. The highest BCUT2D eigenvalue weighted by Crippen LogP contribution is 2.42. The lowest BCUT2D eigenvalue weighted by molar-refractivity contribution is -0.121. The molecular weight excluding hydrogens is 514 g/mol. The van der Waals surface area contributed by atoms with Gasteiger partial charge in [-0.25, -0.2) is 10.2 Å². The Labute approximate surface area is 227 Å². The summed E-state index contributed by atoms with van der Waals surface area (Å²) in [5.74, 6) is -0.0388. The Hall–Kier alpha value is -2.66. The number of nitrogens with zero attached hydrogens (tertiary/aromatic N) is 1. The second-order valence-corrected chi connectivity index (χ2v) is 11.7. The van der Waals surface area contributed by atoms with E-state index in [1.807, 2.05) is 19.0 Å². The molecule has 1 aromatic heterocycles. The quantitative estimate of drug-likeness (QED) is 0.356. The molecule has 2 heterocycles. The zero-order valence-corrected chi connectivity index (χ0v) is 23.8. The molecule has 0 spiro atoms. The van der Waals surface area contributed by atoms with Gasteiger partial charge in [0.25, 0.3) is 0 Å². The number of thiophene rings is 1. The number of rotatable bonds is 8. The molecule has 37 heavy (non-hydrogen) atoms. The fourth-order valence-electron chi connectivity index (χ4n) is 4.12. The summed E-state index contributed by atoms with van der Waals surface area (Å²) in [5.41, 5.74) is 7.04. The van der Waals surface area contributed by atoms with E-state index >= 15 is 0 Å². The molecule has 1 atom stereocenters. The molecule has 2 aromatic rings. The first-order chi connectivity index (χ1) is 17.4. The lowest BCUT2D eigenvalue weighted by atomic mass is 9.84. The van der Waals surface area contributed by atoms with Gasteiger partial charge >= 0.3 is 6.03 Å². The number of amides is 3. The third-order valence-corrected chi connectivity index (χ3v) is 8.03. The Morgan fingerprint density at radius 1 is 1.24 bits per heavy atom. The van der Waals surface area contributed by atoms with Gasteiger partial charge in [-0.2, -0.15) is 0 Å². The van der Waals surface area contributed by atoms with Crippen molar-refractivity contribution >= 4 is 51.3 Å². The molecule has 0 saturated carbocycles. The third kappa shape index (κ3) is 7.22. The zero-order chi connectivity index (χ0) is 27.3. The fourth-order valence-corrected chi connectivity index (χ4v) is 5.68. The molecule has 0 bridgehead atoms. The Morgan fingerprint density at radius 2 is 1.97 bits per heavy atom.